The average Bonchev–Trinajstić information content (AvgIpc) is 2.36. The fourth-order valence-electron chi connectivity index (χ4n) is 1.83. The third kappa shape index (κ3) is 5.93. The summed E-state index contributed by atoms with van der Waals surface area (Å²) >= 11 is 5.75. The molecule has 19 heavy (non-hydrogen) atoms. The maximum absolute atomic E-state index is 12.1. The Bertz CT molecular complexity index is 471. The van der Waals surface area contributed by atoms with Crippen LogP contribution in [0.1, 0.15) is 33.1 Å². The van der Waals surface area contributed by atoms with E-state index in [4.69, 9.17) is 11.6 Å². The van der Waals surface area contributed by atoms with Crippen molar-refractivity contribution in [2.75, 3.05) is 12.3 Å². The Morgan fingerprint density at radius 3 is 2.47 bits per heavy atom. The van der Waals surface area contributed by atoms with Crippen molar-refractivity contribution in [3.8, 4) is 0 Å². The van der Waals surface area contributed by atoms with E-state index >= 15 is 0 Å². The minimum atomic E-state index is -3.18. The fourth-order valence-corrected chi connectivity index (χ4v) is 3.29. The zero-order valence-electron chi connectivity index (χ0n) is 11.5. The summed E-state index contributed by atoms with van der Waals surface area (Å²) < 4.78 is 24.2. The maximum Gasteiger partial charge on any atom is 0.178 e. The third-order valence-corrected chi connectivity index (χ3v) is 5.03. The van der Waals surface area contributed by atoms with E-state index in [-0.39, 0.29) is 5.75 Å². The Morgan fingerprint density at radius 1 is 1.26 bits per heavy atom. The van der Waals surface area contributed by atoms with Gasteiger partial charge in [0.1, 0.15) is 0 Å². The predicted molar refractivity (Wildman–Crippen MR) is 80.5 cm³/mol. The van der Waals surface area contributed by atoms with Crippen molar-refractivity contribution in [3.05, 3.63) is 29.3 Å². The molecular formula is C14H22ClNO2S. The Morgan fingerprint density at radius 2 is 1.89 bits per heavy atom. The molecule has 0 radical (unpaired) electrons. The fraction of sp³-hybridized carbons (Fsp3) is 0.571. The Labute approximate surface area is 121 Å². The van der Waals surface area contributed by atoms with Crippen molar-refractivity contribution in [2.45, 2.75) is 44.0 Å². The lowest BCUT2D eigenvalue weighted by atomic mass is 10.2. The number of halogens is 1. The number of benzene rings is 1. The van der Waals surface area contributed by atoms with Crippen molar-refractivity contribution >= 4 is 21.4 Å². The summed E-state index contributed by atoms with van der Waals surface area (Å²) in [4.78, 5) is 0.353. The van der Waals surface area contributed by atoms with Crippen molar-refractivity contribution in [2.24, 2.45) is 0 Å². The molecule has 0 aliphatic carbocycles. The van der Waals surface area contributed by atoms with Crippen LogP contribution in [0.15, 0.2) is 29.2 Å². The second kappa shape index (κ2) is 7.88. The second-order valence-electron chi connectivity index (χ2n) is 4.77. The molecule has 1 unspecified atom stereocenters. The number of sulfone groups is 1. The van der Waals surface area contributed by atoms with Gasteiger partial charge in [0.05, 0.1) is 10.6 Å². The molecule has 5 heteroatoms. The van der Waals surface area contributed by atoms with E-state index in [0.717, 1.165) is 19.4 Å². The van der Waals surface area contributed by atoms with Crippen LogP contribution in [-0.2, 0) is 9.84 Å². The Hall–Kier alpha value is -0.580. The smallest absolute Gasteiger partial charge is 0.178 e. The maximum atomic E-state index is 12.1. The minimum Gasteiger partial charge on any atom is -0.314 e. The normalized spacial score (nSPS) is 13.4. The molecule has 0 aromatic heterocycles. The number of hydrogen-bond acceptors (Lipinski definition) is 3. The highest BCUT2D eigenvalue weighted by atomic mass is 35.5. The summed E-state index contributed by atoms with van der Waals surface area (Å²) in [5.74, 6) is 0.187. The van der Waals surface area contributed by atoms with Gasteiger partial charge in [-0.2, -0.15) is 0 Å². The largest absolute Gasteiger partial charge is 0.314 e. The SMILES string of the molecule is CCCNC(C)CCCS(=O)(=O)c1ccc(Cl)cc1. The number of nitrogens with one attached hydrogen (secondary N) is 1. The van der Waals surface area contributed by atoms with Gasteiger partial charge in [0.15, 0.2) is 9.84 Å². The zero-order chi connectivity index (χ0) is 14.3. The molecule has 1 rings (SSSR count). The van der Waals surface area contributed by atoms with E-state index in [1.165, 1.54) is 0 Å². The van der Waals surface area contributed by atoms with Gasteiger partial charge >= 0.3 is 0 Å². The lowest BCUT2D eigenvalue weighted by Gasteiger charge is -2.12. The molecule has 1 atom stereocenters. The van der Waals surface area contributed by atoms with Crippen molar-refractivity contribution in [3.63, 3.8) is 0 Å². The van der Waals surface area contributed by atoms with Crippen LogP contribution in [0.3, 0.4) is 0 Å². The first-order chi connectivity index (χ1) is 8.95. The number of hydrogen-bond donors (Lipinski definition) is 1. The standard InChI is InChI=1S/C14H22ClNO2S/c1-3-10-16-12(2)5-4-11-19(17,18)14-8-6-13(15)7-9-14/h6-9,12,16H,3-5,10-11H2,1-2H3. The summed E-state index contributed by atoms with van der Waals surface area (Å²) in [6.45, 7) is 5.18. The van der Waals surface area contributed by atoms with Gasteiger partial charge in [-0.25, -0.2) is 8.42 Å². The van der Waals surface area contributed by atoms with Gasteiger partial charge < -0.3 is 5.32 Å². The van der Waals surface area contributed by atoms with Crippen LogP contribution >= 0.6 is 11.6 Å². The quantitative estimate of drug-likeness (QED) is 0.801. The zero-order valence-corrected chi connectivity index (χ0v) is 13.1. The van der Waals surface area contributed by atoms with Gasteiger partial charge in [-0.1, -0.05) is 18.5 Å². The summed E-state index contributed by atoms with van der Waals surface area (Å²) in [6, 6.07) is 6.72. The summed E-state index contributed by atoms with van der Waals surface area (Å²) in [6.07, 6.45) is 2.63. The van der Waals surface area contributed by atoms with E-state index in [9.17, 15) is 8.42 Å². The molecule has 1 aromatic carbocycles. The topological polar surface area (TPSA) is 46.2 Å². The number of rotatable bonds is 8. The van der Waals surface area contributed by atoms with Crippen molar-refractivity contribution in [1.29, 1.82) is 0 Å². The van der Waals surface area contributed by atoms with Gasteiger partial charge in [-0.3, -0.25) is 0 Å². The second-order valence-corrected chi connectivity index (χ2v) is 7.32. The molecule has 0 amide bonds. The minimum absolute atomic E-state index is 0.187. The van der Waals surface area contributed by atoms with Crippen LogP contribution in [0.5, 0.6) is 0 Å². The summed E-state index contributed by atoms with van der Waals surface area (Å²) in [5, 5.41) is 3.91. The van der Waals surface area contributed by atoms with Gasteiger partial charge in [0, 0.05) is 11.1 Å². The van der Waals surface area contributed by atoms with E-state index in [2.05, 4.69) is 19.2 Å². The van der Waals surface area contributed by atoms with E-state index in [1.54, 1.807) is 24.3 Å². The average molecular weight is 304 g/mol. The van der Waals surface area contributed by atoms with Crippen LogP contribution < -0.4 is 5.32 Å². The first-order valence-electron chi connectivity index (χ1n) is 6.67. The molecule has 0 saturated carbocycles. The predicted octanol–water partition coefficient (Wildman–Crippen LogP) is 3.28. The van der Waals surface area contributed by atoms with Crippen molar-refractivity contribution in [1.82, 2.24) is 5.32 Å². The molecule has 3 nitrogen and oxygen atoms in total. The monoisotopic (exact) mass is 303 g/mol. The van der Waals surface area contributed by atoms with Crippen LogP contribution in [-0.4, -0.2) is 26.8 Å². The summed E-state index contributed by atoms with van der Waals surface area (Å²) in [5.41, 5.74) is 0. The summed E-state index contributed by atoms with van der Waals surface area (Å²) in [7, 11) is -3.18. The first-order valence-corrected chi connectivity index (χ1v) is 8.70. The lowest BCUT2D eigenvalue weighted by molar-refractivity contribution is 0.506. The van der Waals surface area contributed by atoms with Gasteiger partial charge in [0.25, 0.3) is 0 Å². The van der Waals surface area contributed by atoms with Gasteiger partial charge in [-0.15, -0.1) is 0 Å². The lowest BCUT2D eigenvalue weighted by Crippen LogP contribution is -2.27. The highest BCUT2D eigenvalue weighted by Gasteiger charge is 2.14. The van der Waals surface area contributed by atoms with Crippen LogP contribution in [0.25, 0.3) is 0 Å². The Kier molecular flexibility index (Phi) is 6.83. The molecule has 108 valence electrons. The van der Waals surface area contributed by atoms with E-state index < -0.39 is 9.84 Å². The molecule has 0 bridgehead atoms. The molecule has 1 aromatic rings. The van der Waals surface area contributed by atoms with E-state index in [0.29, 0.717) is 22.4 Å². The van der Waals surface area contributed by atoms with Crippen molar-refractivity contribution < 1.29 is 8.42 Å². The van der Waals surface area contributed by atoms with Crippen LogP contribution in [0.2, 0.25) is 5.02 Å². The third-order valence-electron chi connectivity index (χ3n) is 2.97. The molecule has 0 spiro atoms. The van der Waals surface area contributed by atoms with Crippen LogP contribution in [0.4, 0.5) is 0 Å². The molecule has 0 aliphatic rings. The van der Waals surface area contributed by atoms with E-state index in [1.807, 2.05) is 0 Å². The molecule has 0 fully saturated rings. The Balaban J connectivity index is 2.45. The highest BCUT2D eigenvalue weighted by Crippen LogP contribution is 2.16. The highest BCUT2D eigenvalue weighted by molar-refractivity contribution is 7.91. The molecule has 0 heterocycles. The van der Waals surface area contributed by atoms with Crippen LogP contribution in [0, 0.1) is 0 Å². The first kappa shape index (κ1) is 16.5. The van der Waals surface area contributed by atoms with Gasteiger partial charge in [-0.05, 0) is 57.0 Å². The molecule has 1 N–H and O–H groups in total. The van der Waals surface area contributed by atoms with Gasteiger partial charge in [0.2, 0.25) is 0 Å². The molecule has 0 saturated heterocycles. The molecular weight excluding hydrogens is 282 g/mol. The molecule has 0 aliphatic heterocycles.